The van der Waals surface area contributed by atoms with Crippen LogP contribution in [0.1, 0.15) is 33.2 Å². The van der Waals surface area contributed by atoms with E-state index in [4.69, 9.17) is 0 Å². The molecule has 1 N–H and O–H groups in total. The minimum Gasteiger partial charge on any atom is -0.755 e. The molecule has 2 rings (SSSR count). The molecule has 0 aliphatic rings. The molecule has 0 fully saturated rings. The van der Waals surface area contributed by atoms with E-state index in [2.05, 4.69) is 4.72 Å². The van der Waals surface area contributed by atoms with Crippen molar-refractivity contribution >= 4 is 28.5 Å². The lowest BCUT2D eigenvalue weighted by molar-refractivity contribution is 0.0991. The fraction of sp³-hybridized carbons (Fsp3) is 0.0667. The van der Waals surface area contributed by atoms with Crippen molar-refractivity contribution in [3.8, 4) is 0 Å². The number of rotatable bonds is 5. The summed E-state index contributed by atoms with van der Waals surface area (Å²) in [4.78, 5) is 24.3. The van der Waals surface area contributed by atoms with Gasteiger partial charge in [-0.1, -0.05) is 42.5 Å². The third-order valence-electron chi connectivity index (χ3n) is 2.89. The number of carbonyl (C=O) groups excluding carboxylic acids is 2. The van der Waals surface area contributed by atoms with E-state index >= 15 is 0 Å². The molecule has 2 aromatic rings. The number of benzene rings is 2. The molecule has 6 heteroatoms. The van der Waals surface area contributed by atoms with Crippen molar-refractivity contribution in [1.82, 2.24) is 0 Å². The molecule has 108 valence electrons. The van der Waals surface area contributed by atoms with Gasteiger partial charge in [0.25, 0.3) is 0 Å². The molecule has 0 bridgehead atoms. The molecule has 0 radical (unpaired) electrons. The maximum Gasteiger partial charge on any atom is 0.193 e. The summed E-state index contributed by atoms with van der Waals surface area (Å²) in [6, 6.07) is 13.0. The van der Waals surface area contributed by atoms with Crippen molar-refractivity contribution in [3.63, 3.8) is 0 Å². The average molecular weight is 302 g/mol. The Morgan fingerprint density at radius 2 is 1.71 bits per heavy atom. The maximum absolute atomic E-state index is 12.5. The number of ketones is 2. The van der Waals surface area contributed by atoms with Crippen molar-refractivity contribution in [2.45, 2.75) is 6.92 Å². The molecule has 1 atom stereocenters. The lowest BCUT2D eigenvalue weighted by Crippen LogP contribution is -2.13. The van der Waals surface area contributed by atoms with Crippen LogP contribution >= 0.6 is 0 Å². The molecule has 0 saturated carbocycles. The van der Waals surface area contributed by atoms with Gasteiger partial charge >= 0.3 is 0 Å². The van der Waals surface area contributed by atoms with Crippen LogP contribution < -0.4 is 4.72 Å². The van der Waals surface area contributed by atoms with E-state index in [0.717, 1.165) is 0 Å². The number of hydrogen-bond acceptors (Lipinski definition) is 4. The van der Waals surface area contributed by atoms with Crippen LogP contribution in [0.4, 0.5) is 5.69 Å². The van der Waals surface area contributed by atoms with Gasteiger partial charge < -0.3 is 9.27 Å². The maximum atomic E-state index is 12.5. The van der Waals surface area contributed by atoms with Gasteiger partial charge in [0.2, 0.25) is 0 Å². The molecule has 0 aliphatic heterocycles. The highest BCUT2D eigenvalue weighted by atomic mass is 32.2. The lowest BCUT2D eigenvalue weighted by atomic mass is 9.95. The first-order valence-corrected chi connectivity index (χ1v) is 7.18. The van der Waals surface area contributed by atoms with E-state index in [-0.39, 0.29) is 28.4 Å². The fourth-order valence-corrected chi connectivity index (χ4v) is 2.39. The summed E-state index contributed by atoms with van der Waals surface area (Å²) >= 11 is -2.57. The third-order valence-corrected chi connectivity index (χ3v) is 3.28. The Labute approximate surface area is 124 Å². The normalized spacial score (nSPS) is 11.7. The molecule has 21 heavy (non-hydrogen) atoms. The molecule has 1 unspecified atom stereocenters. The SMILES string of the molecule is CC(=O)c1c(NS(=O)[O-])cccc1C(=O)c1ccccc1. The van der Waals surface area contributed by atoms with Crippen LogP contribution in [0.25, 0.3) is 0 Å². The van der Waals surface area contributed by atoms with E-state index in [1.54, 1.807) is 30.3 Å². The summed E-state index contributed by atoms with van der Waals surface area (Å²) in [6.07, 6.45) is 0. The van der Waals surface area contributed by atoms with Gasteiger partial charge in [-0.05, 0) is 13.0 Å². The topological polar surface area (TPSA) is 86.3 Å². The average Bonchev–Trinajstić information content (AvgIpc) is 2.46. The van der Waals surface area contributed by atoms with Gasteiger partial charge in [-0.15, -0.1) is 0 Å². The zero-order chi connectivity index (χ0) is 15.4. The highest BCUT2D eigenvalue weighted by Gasteiger charge is 2.19. The molecule has 0 heterocycles. The number of Topliss-reactive ketones (excluding diaryl/α,β-unsaturated/α-hetero) is 1. The van der Waals surface area contributed by atoms with Crippen LogP contribution in [0.2, 0.25) is 0 Å². The van der Waals surface area contributed by atoms with Crippen LogP contribution in [-0.4, -0.2) is 20.3 Å². The predicted molar refractivity (Wildman–Crippen MR) is 78.9 cm³/mol. The van der Waals surface area contributed by atoms with Gasteiger partial charge in [0.05, 0.1) is 11.3 Å². The summed E-state index contributed by atoms with van der Waals surface area (Å²) in [7, 11) is 0. The Hall–Kier alpha value is -2.31. The molecular formula is C15H12NO4S-. The molecular weight excluding hydrogens is 290 g/mol. The smallest absolute Gasteiger partial charge is 0.193 e. The number of nitrogens with one attached hydrogen (secondary N) is 1. The van der Waals surface area contributed by atoms with Gasteiger partial charge in [-0.2, -0.15) is 0 Å². The van der Waals surface area contributed by atoms with Gasteiger partial charge in [0.1, 0.15) is 0 Å². The first-order valence-electron chi connectivity index (χ1n) is 6.10. The zero-order valence-electron chi connectivity index (χ0n) is 11.2. The predicted octanol–water partition coefficient (Wildman–Crippen LogP) is 2.33. The van der Waals surface area contributed by atoms with Crippen molar-refractivity contribution in [1.29, 1.82) is 0 Å². The van der Waals surface area contributed by atoms with Crippen LogP contribution in [0.15, 0.2) is 48.5 Å². The minimum absolute atomic E-state index is 0.0653. The molecule has 0 aliphatic carbocycles. The van der Waals surface area contributed by atoms with Crippen LogP contribution in [0.3, 0.4) is 0 Å². The Balaban J connectivity index is 2.56. The van der Waals surface area contributed by atoms with Crippen molar-refractivity contribution in [2.75, 3.05) is 4.72 Å². The van der Waals surface area contributed by atoms with E-state index < -0.39 is 11.3 Å². The highest BCUT2D eigenvalue weighted by Crippen LogP contribution is 2.23. The second kappa shape index (κ2) is 6.43. The molecule has 5 nitrogen and oxygen atoms in total. The van der Waals surface area contributed by atoms with Gasteiger partial charge in [-0.25, -0.2) is 0 Å². The Bertz CT molecular complexity index is 713. The van der Waals surface area contributed by atoms with E-state index in [9.17, 15) is 18.4 Å². The molecule has 0 saturated heterocycles. The van der Waals surface area contributed by atoms with Crippen LogP contribution in [0, 0.1) is 0 Å². The first kappa shape index (κ1) is 15.1. The second-order valence-corrected chi connectivity index (χ2v) is 4.99. The molecule has 0 aromatic heterocycles. The number of anilines is 1. The summed E-state index contributed by atoms with van der Waals surface area (Å²) in [5.74, 6) is -0.719. The van der Waals surface area contributed by atoms with Crippen molar-refractivity contribution < 1.29 is 18.4 Å². The first-order chi connectivity index (χ1) is 10.0. The number of carbonyl (C=O) groups is 2. The fourth-order valence-electron chi connectivity index (χ4n) is 2.04. The van der Waals surface area contributed by atoms with E-state index in [1.165, 1.54) is 25.1 Å². The van der Waals surface area contributed by atoms with E-state index in [1.807, 2.05) is 0 Å². The molecule has 2 aromatic carbocycles. The summed E-state index contributed by atoms with van der Waals surface area (Å²) in [6.45, 7) is 1.29. The molecule has 0 spiro atoms. The summed E-state index contributed by atoms with van der Waals surface area (Å²) in [5, 5.41) is 0. The Morgan fingerprint density at radius 1 is 1.05 bits per heavy atom. The van der Waals surface area contributed by atoms with Gasteiger partial charge in [-0.3, -0.25) is 13.8 Å². The van der Waals surface area contributed by atoms with Crippen molar-refractivity contribution in [3.05, 3.63) is 65.2 Å². The Morgan fingerprint density at radius 3 is 2.29 bits per heavy atom. The zero-order valence-corrected chi connectivity index (χ0v) is 12.0. The molecule has 0 amide bonds. The quantitative estimate of drug-likeness (QED) is 0.678. The van der Waals surface area contributed by atoms with E-state index in [0.29, 0.717) is 5.56 Å². The van der Waals surface area contributed by atoms with Crippen LogP contribution in [-0.2, 0) is 11.3 Å². The lowest BCUT2D eigenvalue weighted by Gasteiger charge is -2.15. The third kappa shape index (κ3) is 3.42. The minimum atomic E-state index is -2.57. The monoisotopic (exact) mass is 302 g/mol. The second-order valence-electron chi connectivity index (χ2n) is 4.32. The Kier molecular flexibility index (Phi) is 4.62. The van der Waals surface area contributed by atoms with Gasteiger partial charge in [0, 0.05) is 22.4 Å². The van der Waals surface area contributed by atoms with Gasteiger partial charge in [0.15, 0.2) is 11.6 Å². The highest BCUT2D eigenvalue weighted by molar-refractivity contribution is 7.80. The largest absolute Gasteiger partial charge is 0.755 e. The van der Waals surface area contributed by atoms with Crippen molar-refractivity contribution in [2.24, 2.45) is 0 Å². The summed E-state index contributed by atoms with van der Waals surface area (Å²) in [5.41, 5.74) is 0.762. The summed E-state index contributed by atoms with van der Waals surface area (Å²) < 4.78 is 23.7. The van der Waals surface area contributed by atoms with Crippen LogP contribution in [0.5, 0.6) is 0 Å². The number of hydrogen-bond donors (Lipinski definition) is 1. The standard InChI is InChI=1S/C15H13NO4S/c1-10(17)14-12(8-5-9-13(14)16-21(19)20)15(18)11-6-3-2-4-7-11/h2-9,16H,1H3,(H,19,20)/p-1.